The van der Waals surface area contributed by atoms with E-state index in [9.17, 15) is 4.79 Å². The van der Waals surface area contributed by atoms with E-state index >= 15 is 0 Å². The van der Waals surface area contributed by atoms with Gasteiger partial charge in [-0.05, 0) is 54.8 Å². The summed E-state index contributed by atoms with van der Waals surface area (Å²) < 4.78 is 10.5. The average molecular weight is 426 g/mol. The molecule has 1 aromatic carbocycles. The second kappa shape index (κ2) is 9.36. The molecule has 0 unspecified atom stereocenters. The van der Waals surface area contributed by atoms with Crippen molar-refractivity contribution >= 4 is 22.9 Å². The third-order valence-electron chi connectivity index (χ3n) is 5.56. The fourth-order valence-electron chi connectivity index (χ4n) is 4.02. The molecule has 0 spiro atoms. The summed E-state index contributed by atoms with van der Waals surface area (Å²) in [5.41, 5.74) is 1.21. The summed E-state index contributed by atoms with van der Waals surface area (Å²) in [6.07, 6.45) is 1.52. The second-order valence-corrected chi connectivity index (χ2v) is 8.40. The monoisotopic (exact) mass is 425 g/mol. The van der Waals surface area contributed by atoms with E-state index in [2.05, 4.69) is 51.7 Å². The lowest BCUT2D eigenvalue weighted by Gasteiger charge is -2.42. The summed E-state index contributed by atoms with van der Waals surface area (Å²) in [7, 11) is 1.68. The number of hydrogen-bond donors (Lipinski definition) is 1. The maximum atomic E-state index is 12.5. The normalized spacial score (nSPS) is 16.8. The molecule has 3 aromatic rings. The maximum absolute atomic E-state index is 12.5. The summed E-state index contributed by atoms with van der Waals surface area (Å²) >= 11 is 1.73. The SMILES string of the molecule is COc1ccc(N2CCN([C@H](c3cccs3)[C@@H](C)NC(=O)c3ccco3)CC2)cc1. The number of carbonyl (C=O) groups is 1. The Morgan fingerprint density at radius 1 is 1.10 bits per heavy atom. The Morgan fingerprint density at radius 2 is 1.87 bits per heavy atom. The lowest BCUT2D eigenvalue weighted by atomic mass is 10.0. The van der Waals surface area contributed by atoms with E-state index in [0.29, 0.717) is 5.76 Å². The summed E-state index contributed by atoms with van der Waals surface area (Å²) in [6.45, 7) is 5.80. The lowest BCUT2D eigenvalue weighted by molar-refractivity contribution is 0.0863. The van der Waals surface area contributed by atoms with Crippen molar-refractivity contribution in [1.29, 1.82) is 0 Å². The van der Waals surface area contributed by atoms with Crippen LogP contribution >= 0.6 is 11.3 Å². The number of amides is 1. The molecular formula is C23H27N3O3S. The highest BCUT2D eigenvalue weighted by Gasteiger charge is 2.31. The minimum atomic E-state index is -0.175. The van der Waals surface area contributed by atoms with Crippen molar-refractivity contribution in [3.8, 4) is 5.75 Å². The van der Waals surface area contributed by atoms with E-state index in [1.165, 1.54) is 16.8 Å². The topological polar surface area (TPSA) is 58.0 Å². The van der Waals surface area contributed by atoms with E-state index in [1.807, 2.05) is 12.1 Å². The van der Waals surface area contributed by atoms with Crippen LogP contribution in [-0.4, -0.2) is 50.1 Å². The lowest BCUT2D eigenvalue weighted by Crippen LogP contribution is -2.52. The third kappa shape index (κ3) is 4.52. The molecule has 0 saturated carbocycles. The summed E-state index contributed by atoms with van der Waals surface area (Å²) in [5.74, 6) is 1.04. The van der Waals surface area contributed by atoms with Crippen molar-refractivity contribution in [1.82, 2.24) is 10.2 Å². The number of ether oxygens (including phenoxy) is 1. The first kappa shape index (κ1) is 20.5. The minimum Gasteiger partial charge on any atom is -0.497 e. The average Bonchev–Trinajstić information content (AvgIpc) is 3.49. The van der Waals surface area contributed by atoms with Crippen LogP contribution in [0.2, 0.25) is 0 Å². The molecule has 0 bridgehead atoms. The first-order chi connectivity index (χ1) is 14.7. The number of methoxy groups -OCH3 is 1. The Morgan fingerprint density at radius 3 is 2.47 bits per heavy atom. The van der Waals surface area contributed by atoms with E-state index < -0.39 is 0 Å². The largest absolute Gasteiger partial charge is 0.497 e. The van der Waals surface area contributed by atoms with Gasteiger partial charge in [0, 0.05) is 42.8 Å². The van der Waals surface area contributed by atoms with Crippen LogP contribution in [0, 0.1) is 0 Å². The number of carbonyl (C=O) groups excluding carboxylic acids is 1. The van der Waals surface area contributed by atoms with Gasteiger partial charge in [-0.2, -0.15) is 0 Å². The van der Waals surface area contributed by atoms with Gasteiger partial charge >= 0.3 is 0 Å². The van der Waals surface area contributed by atoms with E-state index in [1.54, 1.807) is 30.6 Å². The number of hydrogen-bond acceptors (Lipinski definition) is 6. The van der Waals surface area contributed by atoms with E-state index in [4.69, 9.17) is 9.15 Å². The van der Waals surface area contributed by atoms with Crippen molar-refractivity contribution in [3.05, 3.63) is 70.8 Å². The standard InChI is InChI=1S/C23H27N3O3S/c1-17(24-23(27)20-5-3-15-29-20)22(21-6-4-16-30-21)26-13-11-25(12-14-26)18-7-9-19(28-2)10-8-18/h3-10,15-17,22H,11-14H2,1-2H3,(H,24,27)/t17-,22+/m1/s1. The van der Waals surface area contributed by atoms with Gasteiger partial charge in [0.1, 0.15) is 5.75 Å². The Bertz CT molecular complexity index is 917. The molecule has 1 aliphatic heterocycles. The molecule has 1 N–H and O–H groups in total. The number of benzene rings is 1. The Hall–Kier alpha value is -2.77. The van der Waals surface area contributed by atoms with Gasteiger partial charge < -0.3 is 19.4 Å². The molecule has 3 heterocycles. The zero-order valence-corrected chi connectivity index (χ0v) is 18.1. The quantitative estimate of drug-likeness (QED) is 0.619. The zero-order valence-electron chi connectivity index (χ0n) is 17.3. The molecule has 6 nitrogen and oxygen atoms in total. The predicted molar refractivity (Wildman–Crippen MR) is 119 cm³/mol. The van der Waals surface area contributed by atoms with Gasteiger partial charge in [-0.3, -0.25) is 9.69 Å². The predicted octanol–water partition coefficient (Wildman–Crippen LogP) is 4.03. The van der Waals surface area contributed by atoms with Crippen LogP contribution in [0.5, 0.6) is 5.75 Å². The van der Waals surface area contributed by atoms with Crippen LogP contribution in [0.1, 0.15) is 28.4 Å². The zero-order chi connectivity index (χ0) is 20.9. The number of thiophene rings is 1. The molecule has 1 saturated heterocycles. The van der Waals surface area contributed by atoms with Gasteiger partial charge in [-0.25, -0.2) is 0 Å². The van der Waals surface area contributed by atoms with Crippen LogP contribution in [0.15, 0.2) is 64.6 Å². The van der Waals surface area contributed by atoms with Gasteiger partial charge in [-0.15, -0.1) is 11.3 Å². The van der Waals surface area contributed by atoms with Crippen molar-refractivity contribution in [3.63, 3.8) is 0 Å². The number of piperazine rings is 1. The summed E-state index contributed by atoms with van der Waals surface area (Å²) in [4.78, 5) is 18.7. The van der Waals surface area contributed by atoms with Crippen molar-refractivity contribution < 1.29 is 13.9 Å². The van der Waals surface area contributed by atoms with Crippen LogP contribution < -0.4 is 15.0 Å². The molecule has 1 aliphatic rings. The molecular weight excluding hydrogens is 398 g/mol. The number of furan rings is 1. The van der Waals surface area contributed by atoms with Crippen molar-refractivity contribution in [2.24, 2.45) is 0 Å². The van der Waals surface area contributed by atoms with Gasteiger partial charge in [0.05, 0.1) is 19.4 Å². The fraction of sp³-hybridized carbons (Fsp3) is 0.348. The van der Waals surface area contributed by atoms with Crippen molar-refractivity contribution in [2.75, 3.05) is 38.2 Å². The van der Waals surface area contributed by atoms with Crippen LogP contribution in [0.3, 0.4) is 0 Å². The molecule has 0 radical (unpaired) electrons. The Kier molecular flexibility index (Phi) is 6.40. The summed E-state index contributed by atoms with van der Waals surface area (Å²) in [6, 6.07) is 15.9. The Balaban J connectivity index is 1.44. The fourth-order valence-corrected chi connectivity index (χ4v) is 4.98. The number of anilines is 1. The molecule has 158 valence electrons. The molecule has 30 heavy (non-hydrogen) atoms. The second-order valence-electron chi connectivity index (χ2n) is 7.42. The highest BCUT2D eigenvalue weighted by atomic mass is 32.1. The van der Waals surface area contributed by atoms with Gasteiger partial charge in [-0.1, -0.05) is 6.07 Å². The smallest absolute Gasteiger partial charge is 0.287 e. The van der Waals surface area contributed by atoms with Crippen LogP contribution in [0.25, 0.3) is 0 Å². The van der Waals surface area contributed by atoms with Crippen LogP contribution in [0.4, 0.5) is 5.69 Å². The molecule has 1 amide bonds. The number of nitrogens with one attached hydrogen (secondary N) is 1. The third-order valence-corrected chi connectivity index (χ3v) is 6.50. The Labute approximate surface area is 181 Å². The van der Waals surface area contributed by atoms with E-state index in [0.717, 1.165) is 31.9 Å². The highest BCUT2D eigenvalue weighted by Crippen LogP contribution is 2.30. The summed E-state index contributed by atoms with van der Waals surface area (Å²) in [5, 5.41) is 5.22. The molecule has 2 aromatic heterocycles. The number of nitrogens with zero attached hydrogens (tertiary/aromatic N) is 2. The van der Waals surface area contributed by atoms with Gasteiger partial charge in [0.2, 0.25) is 0 Å². The maximum Gasteiger partial charge on any atom is 0.287 e. The van der Waals surface area contributed by atoms with E-state index in [-0.39, 0.29) is 18.0 Å². The van der Waals surface area contributed by atoms with Gasteiger partial charge in [0.15, 0.2) is 5.76 Å². The molecule has 0 aliphatic carbocycles. The molecule has 1 fully saturated rings. The minimum absolute atomic E-state index is 0.0474. The number of rotatable bonds is 7. The highest BCUT2D eigenvalue weighted by molar-refractivity contribution is 7.10. The van der Waals surface area contributed by atoms with Gasteiger partial charge in [0.25, 0.3) is 5.91 Å². The molecule has 7 heteroatoms. The van der Waals surface area contributed by atoms with Crippen LogP contribution in [-0.2, 0) is 0 Å². The first-order valence-electron chi connectivity index (χ1n) is 10.2. The van der Waals surface area contributed by atoms with Crippen molar-refractivity contribution in [2.45, 2.75) is 19.0 Å². The first-order valence-corrected chi connectivity index (χ1v) is 11.0. The molecule has 4 rings (SSSR count). The molecule has 2 atom stereocenters.